The van der Waals surface area contributed by atoms with Gasteiger partial charge in [0.05, 0.1) is 0 Å². The number of hydrogen-bond acceptors (Lipinski definition) is 2. The molecule has 1 aromatic carbocycles. The first-order valence-corrected chi connectivity index (χ1v) is 8.74. The quantitative estimate of drug-likeness (QED) is 0.880. The van der Waals surface area contributed by atoms with Crippen LogP contribution in [0.4, 0.5) is 0 Å². The van der Waals surface area contributed by atoms with Crippen molar-refractivity contribution in [3.63, 3.8) is 0 Å². The van der Waals surface area contributed by atoms with E-state index in [1.165, 1.54) is 50.8 Å². The molecule has 0 spiro atoms. The number of nitrogens with zero attached hydrogens (tertiary/aromatic N) is 1. The Kier molecular flexibility index (Phi) is 4.66. The first-order chi connectivity index (χ1) is 10.2. The van der Waals surface area contributed by atoms with Gasteiger partial charge in [0.1, 0.15) is 0 Å². The minimum atomic E-state index is 0.283. The van der Waals surface area contributed by atoms with E-state index < -0.39 is 0 Å². The Labute approximate surface area is 129 Å². The summed E-state index contributed by atoms with van der Waals surface area (Å²) in [6, 6.07) is 11.6. The maximum Gasteiger partial charge on any atom is 0.0473 e. The van der Waals surface area contributed by atoms with Crippen LogP contribution in [0.25, 0.3) is 0 Å². The predicted molar refractivity (Wildman–Crippen MR) is 89.4 cm³/mol. The molecule has 0 aromatic heterocycles. The molecule has 2 heteroatoms. The van der Waals surface area contributed by atoms with Gasteiger partial charge < -0.3 is 5.32 Å². The van der Waals surface area contributed by atoms with E-state index in [-0.39, 0.29) is 5.54 Å². The van der Waals surface area contributed by atoms with E-state index in [2.05, 4.69) is 54.4 Å². The van der Waals surface area contributed by atoms with Crippen molar-refractivity contribution in [3.8, 4) is 0 Å². The summed E-state index contributed by atoms with van der Waals surface area (Å²) >= 11 is 0. The molecule has 2 unspecified atom stereocenters. The van der Waals surface area contributed by atoms with E-state index in [0.29, 0.717) is 6.04 Å². The molecule has 2 nitrogen and oxygen atoms in total. The summed E-state index contributed by atoms with van der Waals surface area (Å²) in [5.41, 5.74) is 1.75. The molecule has 3 rings (SSSR count). The van der Waals surface area contributed by atoms with Gasteiger partial charge in [-0.1, -0.05) is 56.5 Å². The topological polar surface area (TPSA) is 15.3 Å². The van der Waals surface area contributed by atoms with Crippen molar-refractivity contribution < 1.29 is 0 Å². The molecule has 0 amide bonds. The van der Waals surface area contributed by atoms with E-state index in [4.69, 9.17) is 0 Å². The van der Waals surface area contributed by atoms with Crippen molar-refractivity contribution in [1.82, 2.24) is 10.2 Å². The molecule has 2 aliphatic rings. The van der Waals surface area contributed by atoms with Crippen LogP contribution in [0.1, 0.15) is 57.6 Å². The van der Waals surface area contributed by atoms with E-state index in [1.54, 1.807) is 0 Å². The van der Waals surface area contributed by atoms with E-state index in [1.807, 2.05) is 0 Å². The highest BCUT2D eigenvalue weighted by atomic mass is 15.2. The lowest BCUT2D eigenvalue weighted by molar-refractivity contribution is 0.0734. The second-order valence-electron chi connectivity index (χ2n) is 7.28. The maximum absolute atomic E-state index is 3.80. The Hall–Kier alpha value is -0.860. The summed E-state index contributed by atoms with van der Waals surface area (Å²) in [4.78, 5) is 2.74. The van der Waals surface area contributed by atoms with Crippen LogP contribution < -0.4 is 5.32 Å². The number of hydrogen-bond donors (Lipinski definition) is 1. The van der Waals surface area contributed by atoms with Crippen LogP contribution in [-0.2, 0) is 0 Å². The molecule has 0 radical (unpaired) electrons. The third-order valence-electron chi connectivity index (χ3n) is 5.73. The monoisotopic (exact) mass is 286 g/mol. The van der Waals surface area contributed by atoms with Gasteiger partial charge in [0.25, 0.3) is 0 Å². The Balaban J connectivity index is 1.70. The molecule has 1 saturated heterocycles. The van der Waals surface area contributed by atoms with Crippen LogP contribution in [-0.4, -0.2) is 30.1 Å². The predicted octanol–water partition coefficient (Wildman–Crippen LogP) is 3.99. The molecule has 1 saturated carbocycles. The van der Waals surface area contributed by atoms with Gasteiger partial charge in [-0.2, -0.15) is 0 Å². The zero-order chi connectivity index (χ0) is 14.7. The third-order valence-corrected chi connectivity index (χ3v) is 5.73. The molecule has 1 N–H and O–H groups in total. The summed E-state index contributed by atoms with van der Waals surface area (Å²) < 4.78 is 0. The number of benzene rings is 1. The molecule has 2 fully saturated rings. The first kappa shape index (κ1) is 15.1. The molecular weight excluding hydrogens is 256 g/mol. The second-order valence-corrected chi connectivity index (χ2v) is 7.28. The van der Waals surface area contributed by atoms with E-state index in [0.717, 1.165) is 12.5 Å². The van der Waals surface area contributed by atoms with Gasteiger partial charge in [-0.15, -0.1) is 0 Å². The average Bonchev–Trinajstić information content (AvgIpc) is 2.47. The Morgan fingerprint density at radius 2 is 2.00 bits per heavy atom. The van der Waals surface area contributed by atoms with Crippen LogP contribution in [0.3, 0.4) is 0 Å². The van der Waals surface area contributed by atoms with Gasteiger partial charge in [0, 0.05) is 24.7 Å². The van der Waals surface area contributed by atoms with Crippen molar-refractivity contribution in [2.24, 2.45) is 5.92 Å². The minimum absolute atomic E-state index is 0.283. The van der Waals surface area contributed by atoms with Gasteiger partial charge in [-0.3, -0.25) is 4.90 Å². The lowest BCUT2D eigenvalue weighted by Crippen LogP contribution is -2.59. The molecule has 1 heterocycles. The van der Waals surface area contributed by atoms with Crippen molar-refractivity contribution in [2.75, 3.05) is 19.6 Å². The molecule has 2 atom stereocenters. The van der Waals surface area contributed by atoms with Crippen molar-refractivity contribution in [1.29, 1.82) is 0 Å². The molecule has 1 aliphatic heterocycles. The van der Waals surface area contributed by atoms with E-state index >= 15 is 0 Å². The van der Waals surface area contributed by atoms with Gasteiger partial charge in [0.15, 0.2) is 0 Å². The fraction of sp³-hybridized carbons (Fsp3) is 0.684. The normalized spacial score (nSPS) is 31.0. The zero-order valence-electron chi connectivity index (χ0n) is 13.6. The van der Waals surface area contributed by atoms with Gasteiger partial charge in [-0.25, -0.2) is 0 Å². The van der Waals surface area contributed by atoms with Gasteiger partial charge in [0.2, 0.25) is 0 Å². The summed E-state index contributed by atoms with van der Waals surface area (Å²) in [6.45, 7) is 8.21. The van der Waals surface area contributed by atoms with Crippen molar-refractivity contribution in [2.45, 2.75) is 57.5 Å². The Morgan fingerprint density at radius 1 is 1.24 bits per heavy atom. The van der Waals surface area contributed by atoms with Crippen LogP contribution in [0.2, 0.25) is 0 Å². The second kappa shape index (κ2) is 6.50. The third kappa shape index (κ3) is 3.49. The van der Waals surface area contributed by atoms with Gasteiger partial charge >= 0.3 is 0 Å². The fourth-order valence-corrected chi connectivity index (χ4v) is 3.69. The maximum atomic E-state index is 3.80. The smallest absolute Gasteiger partial charge is 0.0473 e. The zero-order valence-corrected chi connectivity index (χ0v) is 13.6. The molecule has 0 bridgehead atoms. The summed E-state index contributed by atoms with van der Waals surface area (Å²) in [5, 5.41) is 3.80. The SMILES string of the molecule is CCC1(C)CN(CCC2CCC2)C(c2ccccc2)CN1. The number of rotatable bonds is 5. The highest BCUT2D eigenvalue weighted by Crippen LogP contribution is 2.33. The average molecular weight is 286 g/mol. The molecule has 1 aromatic rings. The largest absolute Gasteiger partial charge is 0.308 e. The minimum Gasteiger partial charge on any atom is -0.308 e. The number of piperazine rings is 1. The Bertz CT molecular complexity index is 440. The van der Waals surface area contributed by atoms with Crippen molar-refractivity contribution in [3.05, 3.63) is 35.9 Å². The standard InChI is InChI=1S/C19H30N2/c1-3-19(2)15-21(13-12-16-8-7-9-16)18(14-20-19)17-10-5-4-6-11-17/h4-6,10-11,16,18,20H,3,7-9,12-15H2,1-2H3. The number of nitrogens with one attached hydrogen (secondary N) is 1. The van der Waals surface area contributed by atoms with Crippen LogP contribution in [0.5, 0.6) is 0 Å². The molecule has 21 heavy (non-hydrogen) atoms. The lowest BCUT2D eigenvalue weighted by atomic mass is 9.82. The van der Waals surface area contributed by atoms with Gasteiger partial charge in [-0.05, 0) is 37.8 Å². The summed E-state index contributed by atoms with van der Waals surface area (Å²) in [7, 11) is 0. The molecule has 116 valence electrons. The van der Waals surface area contributed by atoms with E-state index in [9.17, 15) is 0 Å². The van der Waals surface area contributed by atoms with Crippen LogP contribution in [0.15, 0.2) is 30.3 Å². The highest BCUT2D eigenvalue weighted by Gasteiger charge is 2.35. The molecular formula is C19H30N2. The molecule has 1 aliphatic carbocycles. The Morgan fingerprint density at radius 3 is 2.62 bits per heavy atom. The van der Waals surface area contributed by atoms with Crippen LogP contribution >= 0.6 is 0 Å². The lowest BCUT2D eigenvalue weighted by Gasteiger charge is -2.47. The highest BCUT2D eigenvalue weighted by molar-refractivity contribution is 5.21. The van der Waals surface area contributed by atoms with Crippen LogP contribution in [0, 0.1) is 5.92 Å². The summed E-state index contributed by atoms with van der Waals surface area (Å²) in [5.74, 6) is 1.00. The summed E-state index contributed by atoms with van der Waals surface area (Å²) in [6.07, 6.45) is 6.98. The fourth-order valence-electron chi connectivity index (χ4n) is 3.69. The first-order valence-electron chi connectivity index (χ1n) is 8.74. The van der Waals surface area contributed by atoms with Crippen molar-refractivity contribution >= 4 is 0 Å².